The summed E-state index contributed by atoms with van der Waals surface area (Å²) in [5.41, 5.74) is 7.13. The standard InChI is InChI=1S/C47H47NO5/c1-4-6-15-38-34-18-21-46-22-20-37(48-3)31-14-10-13-30(26-31)33-17-16-32(49)27-35(33)40-36(46)19-23-47(43(46)41(34)44(50)52-38)39(53-45(51)42(40)47)25-28(5-2)24-29-11-8-7-9-12-29/h7-17,20,22,25-28,36-37,43,48-49H,4-6,18-19,21,23-24H2,1-3H3/b22-20-,38-15-,39-25-/t28-,36+,37+,43+,46-,47+/m1/s1. The smallest absolute Gasteiger partial charge is 0.340 e. The summed E-state index contributed by atoms with van der Waals surface area (Å²) in [5.74, 6) is 0.549. The molecule has 6 nitrogen and oxygen atoms in total. The first-order valence-corrected chi connectivity index (χ1v) is 19.5. The van der Waals surface area contributed by atoms with E-state index in [-0.39, 0.29) is 41.5 Å². The number of esters is 2. The number of carbonyl (C=O) groups excluding carboxylic acids is 2. The number of nitrogens with one attached hydrogen (secondary N) is 1. The molecule has 1 saturated heterocycles. The fourth-order valence-corrected chi connectivity index (χ4v) is 10.9. The average Bonchev–Trinajstić information content (AvgIpc) is 3.65. The molecule has 2 heterocycles. The number of phenolic OH excluding ortho intramolecular Hbond substituents is 1. The van der Waals surface area contributed by atoms with Gasteiger partial charge in [0.1, 0.15) is 17.3 Å². The number of phenols is 1. The first-order chi connectivity index (χ1) is 25.8. The maximum absolute atomic E-state index is 14.8. The van der Waals surface area contributed by atoms with Crippen LogP contribution in [0.5, 0.6) is 5.75 Å². The zero-order valence-corrected chi connectivity index (χ0v) is 30.8. The SMILES string of the molecule is CCC/C=C1\OC(=O)C2=C1CC[C@@]13/C=C\[C@H](NC)c4cccc(c4)-c4ccc(O)cc4C4=C5C(=O)O/C(=C\[C@H](CC)Cc6ccccc6)[C@]5(CC[C@@H]41)[C@@H]23. The van der Waals surface area contributed by atoms with Crippen molar-refractivity contribution in [2.45, 2.75) is 71.3 Å². The van der Waals surface area contributed by atoms with Crippen LogP contribution >= 0.6 is 0 Å². The predicted octanol–water partition coefficient (Wildman–Crippen LogP) is 9.70. The minimum atomic E-state index is -0.889. The highest BCUT2D eigenvalue weighted by Crippen LogP contribution is 2.76. The van der Waals surface area contributed by atoms with Gasteiger partial charge in [-0.05, 0) is 128 Å². The molecule has 6 bridgehead atoms. The molecule has 3 aromatic rings. The molecule has 2 aliphatic heterocycles. The summed E-state index contributed by atoms with van der Waals surface area (Å²) >= 11 is 0. The van der Waals surface area contributed by atoms with Crippen molar-refractivity contribution in [3.05, 3.63) is 142 Å². The second kappa shape index (κ2) is 12.9. The third-order valence-electron chi connectivity index (χ3n) is 13.2. The maximum atomic E-state index is 14.8. The highest BCUT2D eigenvalue weighted by atomic mass is 16.5. The Morgan fingerprint density at radius 3 is 2.58 bits per heavy atom. The van der Waals surface area contributed by atoms with E-state index in [0.29, 0.717) is 29.9 Å². The molecule has 0 unspecified atom stereocenters. The summed E-state index contributed by atoms with van der Waals surface area (Å²) in [4.78, 5) is 29.2. The van der Waals surface area contributed by atoms with Gasteiger partial charge in [-0.2, -0.15) is 0 Å². The summed E-state index contributed by atoms with van der Waals surface area (Å²) < 4.78 is 12.8. The molecular formula is C47H47NO5. The minimum Gasteiger partial charge on any atom is -0.508 e. The van der Waals surface area contributed by atoms with Gasteiger partial charge in [0.15, 0.2) is 0 Å². The van der Waals surface area contributed by atoms with Gasteiger partial charge in [0.2, 0.25) is 0 Å². The minimum absolute atomic E-state index is 0.0776. The number of unbranched alkanes of at least 4 members (excludes halogenated alkanes) is 1. The fourth-order valence-electron chi connectivity index (χ4n) is 10.9. The summed E-state index contributed by atoms with van der Waals surface area (Å²) in [6.45, 7) is 4.32. The van der Waals surface area contributed by atoms with Gasteiger partial charge in [-0.1, -0.05) is 87.0 Å². The average molecular weight is 706 g/mol. The molecule has 2 N–H and O–H groups in total. The Bertz CT molecular complexity index is 2190. The molecule has 6 atom stereocenters. The topological polar surface area (TPSA) is 84.9 Å². The largest absolute Gasteiger partial charge is 0.508 e. The predicted molar refractivity (Wildman–Crippen MR) is 206 cm³/mol. The van der Waals surface area contributed by atoms with Gasteiger partial charge in [-0.15, -0.1) is 0 Å². The lowest BCUT2D eigenvalue weighted by Crippen LogP contribution is -2.58. The van der Waals surface area contributed by atoms with E-state index in [2.05, 4.69) is 92.0 Å². The number of hydrogen-bond acceptors (Lipinski definition) is 6. The van der Waals surface area contributed by atoms with E-state index < -0.39 is 10.8 Å². The van der Waals surface area contributed by atoms with Crippen molar-refractivity contribution in [3.8, 4) is 16.9 Å². The van der Waals surface area contributed by atoms with E-state index >= 15 is 0 Å². The molecule has 0 radical (unpaired) electrons. The van der Waals surface area contributed by atoms with Crippen LogP contribution in [0.15, 0.2) is 125 Å². The second-order valence-electron chi connectivity index (χ2n) is 15.8. The van der Waals surface area contributed by atoms with Gasteiger partial charge < -0.3 is 19.9 Å². The summed E-state index contributed by atoms with van der Waals surface area (Å²) in [7, 11) is 1.99. The van der Waals surface area contributed by atoms with Crippen LogP contribution < -0.4 is 5.32 Å². The van der Waals surface area contributed by atoms with Gasteiger partial charge >= 0.3 is 11.9 Å². The van der Waals surface area contributed by atoms with Gasteiger partial charge in [0.25, 0.3) is 0 Å². The molecule has 3 aromatic carbocycles. The van der Waals surface area contributed by atoms with Crippen LogP contribution in [-0.2, 0) is 25.5 Å². The van der Waals surface area contributed by atoms with Crippen molar-refractivity contribution in [1.29, 1.82) is 0 Å². The molecule has 2 spiro atoms. The second-order valence-corrected chi connectivity index (χ2v) is 15.8. The fraction of sp³-hybridized carbons (Fsp3) is 0.362. The Kier molecular flexibility index (Phi) is 8.23. The van der Waals surface area contributed by atoms with Crippen LogP contribution in [-0.4, -0.2) is 24.1 Å². The summed E-state index contributed by atoms with van der Waals surface area (Å²) in [5, 5.41) is 14.7. The van der Waals surface area contributed by atoms with Crippen molar-refractivity contribution < 1.29 is 24.2 Å². The molecule has 2 fully saturated rings. The maximum Gasteiger partial charge on any atom is 0.340 e. The Morgan fingerprint density at radius 1 is 0.943 bits per heavy atom. The first kappa shape index (κ1) is 33.9. The van der Waals surface area contributed by atoms with E-state index in [4.69, 9.17) is 9.47 Å². The van der Waals surface area contributed by atoms with Crippen LogP contribution in [0, 0.1) is 28.6 Å². The molecule has 1 saturated carbocycles. The highest BCUT2D eigenvalue weighted by Gasteiger charge is 2.73. The highest BCUT2D eigenvalue weighted by molar-refractivity contribution is 6.08. The number of likely N-dealkylation sites (N-methyl/N-ethyl adjacent to an activating group) is 1. The van der Waals surface area contributed by atoms with E-state index in [1.54, 1.807) is 6.07 Å². The van der Waals surface area contributed by atoms with Gasteiger partial charge in [-0.3, -0.25) is 0 Å². The number of benzene rings is 3. The van der Waals surface area contributed by atoms with Crippen molar-refractivity contribution >= 4 is 17.5 Å². The summed E-state index contributed by atoms with van der Waals surface area (Å²) in [6, 6.07) is 24.5. The lowest BCUT2D eigenvalue weighted by Gasteiger charge is -2.62. The number of cyclic esters (lactones) is 2. The molecule has 270 valence electrons. The number of hydrogen-bond donors (Lipinski definition) is 2. The lowest BCUT2D eigenvalue weighted by atomic mass is 9.38. The molecule has 0 amide bonds. The molecule has 53 heavy (non-hydrogen) atoms. The van der Waals surface area contributed by atoms with E-state index in [1.165, 1.54) is 5.56 Å². The zero-order chi connectivity index (χ0) is 36.5. The molecule has 5 aliphatic carbocycles. The third-order valence-corrected chi connectivity index (χ3v) is 13.2. The Morgan fingerprint density at radius 2 is 1.79 bits per heavy atom. The van der Waals surface area contributed by atoms with Crippen molar-refractivity contribution in [1.82, 2.24) is 5.32 Å². The van der Waals surface area contributed by atoms with Crippen LogP contribution in [0.3, 0.4) is 0 Å². The molecule has 6 heteroatoms. The van der Waals surface area contributed by atoms with Crippen molar-refractivity contribution in [3.63, 3.8) is 0 Å². The first-order valence-electron chi connectivity index (χ1n) is 19.5. The van der Waals surface area contributed by atoms with Crippen molar-refractivity contribution in [2.75, 3.05) is 7.05 Å². The van der Waals surface area contributed by atoms with E-state index in [0.717, 1.165) is 77.5 Å². The van der Waals surface area contributed by atoms with Gasteiger partial charge in [-0.25, -0.2) is 9.59 Å². The van der Waals surface area contributed by atoms with E-state index in [9.17, 15) is 14.7 Å². The summed E-state index contributed by atoms with van der Waals surface area (Å²) in [6.07, 6.45) is 15.4. The molecule has 10 rings (SSSR count). The monoisotopic (exact) mass is 705 g/mol. The quantitative estimate of drug-likeness (QED) is 0.188. The van der Waals surface area contributed by atoms with Crippen LogP contribution in [0.1, 0.15) is 81.5 Å². The molecule has 7 aliphatic rings. The van der Waals surface area contributed by atoms with Gasteiger partial charge in [0.05, 0.1) is 17.0 Å². The number of allylic oxidation sites excluding steroid dienone is 6. The number of aromatic hydroxyl groups is 1. The number of rotatable bonds is 7. The number of fused-ring (bicyclic) bond motifs is 5. The Hall–Kier alpha value is -4.94. The van der Waals surface area contributed by atoms with E-state index in [1.807, 2.05) is 25.2 Å². The lowest BCUT2D eigenvalue weighted by molar-refractivity contribution is -0.135. The number of carbonyl (C=O) groups is 2. The molecular weight excluding hydrogens is 659 g/mol. The van der Waals surface area contributed by atoms with Crippen LogP contribution in [0.2, 0.25) is 0 Å². The van der Waals surface area contributed by atoms with Crippen molar-refractivity contribution in [2.24, 2.45) is 28.6 Å². The number of ether oxygens (including phenoxy) is 2. The Labute approximate surface area is 312 Å². The molecule has 0 aromatic heterocycles. The van der Waals surface area contributed by atoms with Crippen LogP contribution in [0.4, 0.5) is 0 Å². The Balaban J connectivity index is 1.37. The van der Waals surface area contributed by atoms with Crippen LogP contribution in [0.25, 0.3) is 16.7 Å². The third kappa shape index (κ3) is 5.01. The van der Waals surface area contributed by atoms with Gasteiger partial charge in [0, 0.05) is 22.5 Å². The zero-order valence-electron chi connectivity index (χ0n) is 30.8. The normalized spacial score (nSPS) is 30.7.